The lowest BCUT2D eigenvalue weighted by Crippen LogP contribution is -2.35. The van der Waals surface area contributed by atoms with E-state index in [1.165, 1.54) is 6.07 Å². The van der Waals surface area contributed by atoms with E-state index in [4.69, 9.17) is 4.52 Å². The molecule has 0 spiro atoms. The van der Waals surface area contributed by atoms with E-state index in [0.29, 0.717) is 24.1 Å². The molecule has 0 saturated carbocycles. The zero-order chi connectivity index (χ0) is 16.4. The summed E-state index contributed by atoms with van der Waals surface area (Å²) < 4.78 is 19.2. The van der Waals surface area contributed by atoms with Gasteiger partial charge in [-0.25, -0.2) is 4.39 Å². The van der Waals surface area contributed by atoms with Gasteiger partial charge in [-0.15, -0.1) is 0 Å². The summed E-state index contributed by atoms with van der Waals surface area (Å²) in [4.78, 5) is 8.21. The van der Waals surface area contributed by atoms with Crippen molar-refractivity contribution in [1.82, 2.24) is 10.1 Å². The van der Waals surface area contributed by atoms with Crippen molar-refractivity contribution in [2.45, 2.75) is 18.8 Å². The number of halogens is 1. The summed E-state index contributed by atoms with van der Waals surface area (Å²) in [6, 6.07) is 6.68. The van der Waals surface area contributed by atoms with Gasteiger partial charge in [-0.1, -0.05) is 6.07 Å². The molecule has 0 N–H and O–H groups in total. The highest BCUT2D eigenvalue weighted by molar-refractivity contribution is 5.60. The van der Waals surface area contributed by atoms with Crippen molar-refractivity contribution in [1.29, 1.82) is 5.26 Å². The van der Waals surface area contributed by atoms with E-state index in [1.807, 2.05) is 25.1 Å². The normalized spacial score (nSPS) is 17.8. The van der Waals surface area contributed by atoms with Crippen molar-refractivity contribution >= 4 is 11.6 Å². The Morgan fingerprint density at radius 1 is 1.43 bits per heavy atom. The predicted octanol–water partition coefficient (Wildman–Crippen LogP) is 2.53. The van der Waals surface area contributed by atoms with Gasteiger partial charge in [-0.3, -0.25) is 0 Å². The molecule has 1 aliphatic heterocycles. The molecule has 1 fully saturated rings. The monoisotopic (exact) mass is 315 g/mol. The number of benzene rings is 1. The zero-order valence-corrected chi connectivity index (χ0v) is 13.2. The third kappa shape index (κ3) is 2.97. The molecule has 1 saturated heterocycles. The average Bonchev–Trinajstić information content (AvgIpc) is 3.05. The first-order valence-electron chi connectivity index (χ1n) is 7.54. The SMILES string of the molecule is CN(C)c1noc(C2CCCN(c3cccc(F)c3C#N)C2)n1. The van der Waals surface area contributed by atoms with Crippen LogP contribution in [0.1, 0.15) is 30.2 Å². The molecule has 0 bridgehead atoms. The van der Waals surface area contributed by atoms with Crippen LogP contribution in [0.5, 0.6) is 0 Å². The van der Waals surface area contributed by atoms with Crippen LogP contribution in [0.4, 0.5) is 16.0 Å². The minimum atomic E-state index is -0.486. The minimum Gasteiger partial charge on any atom is -0.370 e. The molecule has 7 heteroatoms. The Balaban J connectivity index is 1.84. The number of anilines is 2. The molecule has 1 atom stereocenters. The maximum absolute atomic E-state index is 13.8. The lowest BCUT2D eigenvalue weighted by atomic mass is 9.96. The van der Waals surface area contributed by atoms with E-state index in [0.717, 1.165) is 19.4 Å². The van der Waals surface area contributed by atoms with Crippen LogP contribution in [0.2, 0.25) is 0 Å². The van der Waals surface area contributed by atoms with Crippen LogP contribution in [-0.4, -0.2) is 37.3 Å². The fraction of sp³-hybridized carbons (Fsp3) is 0.438. The average molecular weight is 315 g/mol. The number of rotatable bonds is 3. The van der Waals surface area contributed by atoms with Crippen LogP contribution >= 0.6 is 0 Å². The highest BCUT2D eigenvalue weighted by Crippen LogP contribution is 2.32. The zero-order valence-electron chi connectivity index (χ0n) is 13.2. The van der Waals surface area contributed by atoms with E-state index >= 15 is 0 Å². The second-order valence-corrected chi connectivity index (χ2v) is 5.86. The summed E-state index contributed by atoms with van der Waals surface area (Å²) in [5, 5.41) is 13.2. The summed E-state index contributed by atoms with van der Waals surface area (Å²) in [5.74, 6) is 0.730. The largest absolute Gasteiger partial charge is 0.370 e. The van der Waals surface area contributed by atoms with Crippen LogP contribution in [0, 0.1) is 17.1 Å². The first kappa shape index (κ1) is 15.3. The number of hydrogen-bond donors (Lipinski definition) is 0. The summed E-state index contributed by atoms with van der Waals surface area (Å²) in [6.07, 6.45) is 1.86. The first-order valence-corrected chi connectivity index (χ1v) is 7.54. The van der Waals surface area contributed by atoms with Crippen LogP contribution < -0.4 is 9.80 Å². The Morgan fingerprint density at radius 3 is 2.96 bits per heavy atom. The van der Waals surface area contributed by atoms with Gasteiger partial charge in [0.15, 0.2) is 0 Å². The van der Waals surface area contributed by atoms with Gasteiger partial charge in [0.2, 0.25) is 5.89 Å². The maximum Gasteiger partial charge on any atom is 0.265 e. The molecule has 1 aliphatic rings. The van der Waals surface area contributed by atoms with Gasteiger partial charge in [-0.05, 0) is 30.1 Å². The Hall–Kier alpha value is -2.62. The van der Waals surface area contributed by atoms with E-state index in [2.05, 4.69) is 10.1 Å². The van der Waals surface area contributed by atoms with Crippen LogP contribution in [0.15, 0.2) is 22.7 Å². The van der Waals surface area contributed by atoms with Crippen molar-refractivity contribution in [2.75, 3.05) is 37.0 Å². The van der Waals surface area contributed by atoms with Gasteiger partial charge in [0, 0.05) is 27.2 Å². The quantitative estimate of drug-likeness (QED) is 0.867. The van der Waals surface area contributed by atoms with Gasteiger partial charge in [0.05, 0.1) is 11.6 Å². The fourth-order valence-corrected chi connectivity index (χ4v) is 2.86. The molecule has 1 unspecified atom stereocenters. The molecule has 0 aliphatic carbocycles. The predicted molar refractivity (Wildman–Crippen MR) is 83.9 cm³/mol. The van der Waals surface area contributed by atoms with Gasteiger partial charge < -0.3 is 14.3 Å². The molecule has 0 amide bonds. The molecule has 1 aromatic carbocycles. The Kier molecular flexibility index (Phi) is 4.15. The molecule has 23 heavy (non-hydrogen) atoms. The van der Waals surface area contributed by atoms with Crippen molar-refractivity contribution in [3.8, 4) is 6.07 Å². The summed E-state index contributed by atoms with van der Waals surface area (Å²) in [6.45, 7) is 1.41. The molecule has 6 nitrogen and oxygen atoms in total. The lowest BCUT2D eigenvalue weighted by Gasteiger charge is -2.33. The molecule has 2 heterocycles. The van der Waals surface area contributed by atoms with E-state index in [9.17, 15) is 9.65 Å². The van der Waals surface area contributed by atoms with Gasteiger partial charge >= 0.3 is 0 Å². The topological polar surface area (TPSA) is 69.2 Å². The van der Waals surface area contributed by atoms with Crippen molar-refractivity contribution in [3.05, 3.63) is 35.5 Å². The van der Waals surface area contributed by atoms with Gasteiger partial charge in [0.25, 0.3) is 5.95 Å². The Labute approximate surface area is 134 Å². The second-order valence-electron chi connectivity index (χ2n) is 5.86. The van der Waals surface area contributed by atoms with Crippen LogP contribution in [-0.2, 0) is 0 Å². The first-order chi connectivity index (χ1) is 11.1. The van der Waals surface area contributed by atoms with Crippen LogP contribution in [0.3, 0.4) is 0 Å². The standard InChI is InChI=1S/C16H18FN5O/c1-21(2)16-19-15(23-20-16)11-5-4-8-22(10-11)14-7-3-6-13(17)12(14)9-18/h3,6-7,11H,4-5,8,10H2,1-2H3. The Morgan fingerprint density at radius 2 is 2.26 bits per heavy atom. The molecule has 2 aromatic rings. The summed E-state index contributed by atoms with van der Waals surface area (Å²) >= 11 is 0. The van der Waals surface area contributed by atoms with Gasteiger partial charge in [-0.2, -0.15) is 10.2 Å². The molecular formula is C16H18FN5O. The highest BCUT2D eigenvalue weighted by atomic mass is 19.1. The molecular weight excluding hydrogens is 297 g/mol. The third-order valence-electron chi connectivity index (χ3n) is 4.05. The third-order valence-corrected chi connectivity index (χ3v) is 4.05. The fourth-order valence-electron chi connectivity index (χ4n) is 2.86. The lowest BCUT2D eigenvalue weighted by molar-refractivity contribution is 0.333. The van der Waals surface area contributed by atoms with E-state index < -0.39 is 5.82 Å². The molecule has 1 aromatic heterocycles. The van der Waals surface area contributed by atoms with Crippen molar-refractivity contribution in [3.63, 3.8) is 0 Å². The summed E-state index contributed by atoms with van der Waals surface area (Å²) in [7, 11) is 3.71. The highest BCUT2D eigenvalue weighted by Gasteiger charge is 2.28. The number of aromatic nitrogens is 2. The second kappa shape index (κ2) is 6.24. The number of nitriles is 1. The van der Waals surface area contributed by atoms with Crippen molar-refractivity contribution < 1.29 is 8.91 Å². The Bertz CT molecular complexity index is 736. The molecule has 0 radical (unpaired) electrons. The molecule has 120 valence electrons. The number of piperidine rings is 1. The number of hydrogen-bond acceptors (Lipinski definition) is 6. The van der Waals surface area contributed by atoms with E-state index in [1.54, 1.807) is 17.0 Å². The smallest absolute Gasteiger partial charge is 0.265 e. The van der Waals surface area contributed by atoms with Crippen LogP contribution in [0.25, 0.3) is 0 Å². The van der Waals surface area contributed by atoms with Crippen molar-refractivity contribution in [2.24, 2.45) is 0 Å². The maximum atomic E-state index is 13.8. The minimum absolute atomic E-state index is 0.0831. The summed E-state index contributed by atoms with van der Waals surface area (Å²) in [5.41, 5.74) is 0.720. The van der Waals surface area contributed by atoms with Gasteiger partial charge in [0.1, 0.15) is 17.4 Å². The van der Waals surface area contributed by atoms with E-state index in [-0.39, 0.29) is 11.5 Å². The number of nitrogens with zero attached hydrogens (tertiary/aromatic N) is 5. The molecule has 3 rings (SSSR count).